The summed E-state index contributed by atoms with van der Waals surface area (Å²) in [5, 5.41) is 2.90. The van der Waals surface area contributed by atoms with Crippen molar-refractivity contribution in [1.82, 2.24) is 4.90 Å². The van der Waals surface area contributed by atoms with E-state index >= 15 is 0 Å². The van der Waals surface area contributed by atoms with E-state index < -0.39 is 5.54 Å². The zero-order chi connectivity index (χ0) is 19.7. The predicted octanol–water partition coefficient (Wildman–Crippen LogP) is 4.59. The fraction of sp³-hybridized carbons (Fsp3) is 0.474. The maximum Gasteiger partial charge on any atom is 0.267 e. The maximum atomic E-state index is 13.1. The molecule has 0 saturated heterocycles. The number of hydrogen-bond acceptors (Lipinski definition) is 4. The summed E-state index contributed by atoms with van der Waals surface area (Å²) in [6.45, 7) is 11.4. The third-order valence-corrected chi connectivity index (χ3v) is 5.84. The number of thioether (sulfide) groups is 1. The molecule has 142 valence electrons. The lowest BCUT2D eigenvalue weighted by molar-refractivity contribution is -0.148. The van der Waals surface area contributed by atoms with Crippen LogP contribution in [-0.2, 0) is 14.3 Å². The molecule has 1 heterocycles. The van der Waals surface area contributed by atoms with Crippen LogP contribution in [0.2, 0.25) is 0 Å². The Morgan fingerprint density at radius 3 is 2.50 bits per heavy atom. The van der Waals surface area contributed by atoms with Gasteiger partial charge in [-0.05, 0) is 61.6 Å². The van der Waals surface area contributed by atoms with Crippen molar-refractivity contribution in [3.8, 4) is 0 Å². The summed E-state index contributed by atoms with van der Waals surface area (Å²) < 4.78 is 6.60. The second kappa shape index (κ2) is 7.80. The van der Waals surface area contributed by atoms with Crippen LogP contribution in [0.4, 0.5) is 5.69 Å². The average Bonchev–Trinajstić information content (AvgIpc) is 2.50. The van der Waals surface area contributed by atoms with Gasteiger partial charge < -0.3 is 10.1 Å². The molecule has 7 heteroatoms. The van der Waals surface area contributed by atoms with Gasteiger partial charge in [-0.1, -0.05) is 26.8 Å². The molecular weight excluding hydrogens is 463 g/mol. The number of anilines is 1. The quantitative estimate of drug-likeness (QED) is 0.631. The van der Waals surface area contributed by atoms with Crippen LogP contribution < -0.4 is 5.32 Å². The molecular formula is C19H25IN2O3S. The summed E-state index contributed by atoms with van der Waals surface area (Å²) in [5.41, 5.74) is -0.348. The minimum Gasteiger partial charge on any atom is -0.476 e. The molecule has 0 unspecified atom stereocenters. The van der Waals surface area contributed by atoms with Crippen molar-refractivity contribution in [2.45, 2.75) is 51.8 Å². The fourth-order valence-corrected chi connectivity index (χ4v) is 3.92. The van der Waals surface area contributed by atoms with Gasteiger partial charge in [-0.15, -0.1) is 11.8 Å². The van der Waals surface area contributed by atoms with Gasteiger partial charge >= 0.3 is 0 Å². The molecule has 0 aromatic heterocycles. The number of rotatable bonds is 4. The minimum atomic E-state index is -1.05. The normalized spacial score (nSPS) is 15.8. The predicted molar refractivity (Wildman–Crippen MR) is 115 cm³/mol. The van der Waals surface area contributed by atoms with Gasteiger partial charge in [-0.3, -0.25) is 14.5 Å². The van der Waals surface area contributed by atoms with Crippen LogP contribution in [0.1, 0.15) is 41.5 Å². The lowest BCUT2D eigenvalue weighted by Crippen LogP contribution is -2.57. The zero-order valence-electron chi connectivity index (χ0n) is 16.0. The van der Waals surface area contributed by atoms with Crippen LogP contribution in [0.5, 0.6) is 0 Å². The first-order valence-electron chi connectivity index (χ1n) is 8.33. The molecule has 2 amide bonds. The Morgan fingerprint density at radius 2 is 1.92 bits per heavy atom. The molecule has 0 aliphatic carbocycles. The number of carbonyl (C=O) groups is 2. The first-order chi connectivity index (χ1) is 11.9. The van der Waals surface area contributed by atoms with Gasteiger partial charge in [0, 0.05) is 14.0 Å². The highest BCUT2D eigenvalue weighted by molar-refractivity contribution is 14.1. The third kappa shape index (κ3) is 4.94. The SMILES string of the molecule is CC1=C(SC(C)(C)C)C(=O)N(C(C)(C)C(=O)Nc2cccc(I)c2)CO1. The van der Waals surface area contributed by atoms with E-state index in [0.717, 1.165) is 3.57 Å². The minimum absolute atomic E-state index is 0.0611. The number of nitrogens with one attached hydrogen (secondary N) is 1. The number of halogens is 1. The molecule has 0 saturated carbocycles. The summed E-state index contributed by atoms with van der Waals surface area (Å²) in [6.07, 6.45) is 0. The van der Waals surface area contributed by atoms with Crippen molar-refractivity contribution in [1.29, 1.82) is 0 Å². The number of hydrogen-bond donors (Lipinski definition) is 1. The number of nitrogens with zero attached hydrogens (tertiary/aromatic N) is 1. The third-order valence-electron chi connectivity index (χ3n) is 3.89. The molecule has 1 aromatic rings. The van der Waals surface area contributed by atoms with E-state index in [2.05, 4.69) is 27.9 Å². The maximum absolute atomic E-state index is 13.1. The first kappa shape index (κ1) is 21.1. The summed E-state index contributed by atoms with van der Waals surface area (Å²) >= 11 is 3.65. The van der Waals surface area contributed by atoms with Crippen LogP contribution >= 0.6 is 34.4 Å². The molecule has 1 N–H and O–H groups in total. The lowest BCUT2D eigenvalue weighted by Gasteiger charge is -2.40. The Hall–Kier alpha value is -1.22. The van der Waals surface area contributed by atoms with Crippen molar-refractivity contribution in [3.63, 3.8) is 0 Å². The average molecular weight is 488 g/mol. The number of benzene rings is 1. The lowest BCUT2D eigenvalue weighted by atomic mass is 10.0. The van der Waals surface area contributed by atoms with Crippen LogP contribution in [-0.4, -0.2) is 33.7 Å². The number of ether oxygens (including phenoxy) is 1. The fourth-order valence-electron chi connectivity index (χ4n) is 2.37. The van der Waals surface area contributed by atoms with Crippen molar-refractivity contribution >= 4 is 51.9 Å². The topological polar surface area (TPSA) is 58.6 Å². The number of amides is 2. The van der Waals surface area contributed by atoms with Gasteiger partial charge in [0.1, 0.15) is 16.2 Å². The van der Waals surface area contributed by atoms with Crippen molar-refractivity contribution in [2.75, 3.05) is 12.0 Å². The van der Waals surface area contributed by atoms with Crippen molar-refractivity contribution < 1.29 is 14.3 Å². The monoisotopic (exact) mass is 488 g/mol. The van der Waals surface area contributed by atoms with Gasteiger partial charge in [0.25, 0.3) is 5.91 Å². The van der Waals surface area contributed by atoms with E-state index in [1.165, 1.54) is 16.7 Å². The van der Waals surface area contributed by atoms with Crippen LogP contribution in [0.25, 0.3) is 0 Å². The number of allylic oxidation sites excluding steroid dienone is 1. The van der Waals surface area contributed by atoms with Crippen LogP contribution in [0.3, 0.4) is 0 Å². The van der Waals surface area contributed by atoms with E-state index in [1.54, 1.807) is 20.8 Å². The summed E-state index contributed by atoms with van der Waals surface area (Å²) in [7, 11) is 0. The molecule has 0 atom stereocenters. The molecule has 1 aliphatic rings. The summed E-state index contributed by atoms with van der Waals surface area (Å²) in [4.78, 5) is 28.0. The molecule has 0 bridgehead atoms. The smallest absolute Gasteiger partial charge is 0.267 e. The highest BCUT2D eigenvalue weighted by atomic mass is 127. The first-order valence-corrected chi connectivity index (χ1v) is 10.2. The van der Waals surface area contributed by atoms with Crippen molar-refractivity contribution in [2.24, 2.45) is 0 Å². The molecule has 0 radical (unpaired) electrons. The molecule has 26 heavy (non-hydrogen) atoms. The Labute approximate surface area is 173 Å². The van der Waals surface area contributed by atoms with Gasteiger partial charge in [0.15, 0.2) is 6.73 Å². The summed E-state index contributed by atoms with van der Waals surface area (Å²) in [6, 6.07) is 7.54. The molecule has 2 rings (SSSR count). The highest BCUT2D eigenvalue weighted by Crippen LogP contribution is 2.38. The van der Waals surface area contributed by atoms with E-state index in [9.17, 15) is 9.59 Å². The highest BCUT2D eigenvalue weighted by Gasteiger charge is 2.42. The van der Waals surface area contributed by atoms with Gasteiger partial charge in [-0.2, -0.15) is 0 Å². The van der Waals surface area contributed by atoms with Crippen LogP contribution in [0.15, 0.2) is 34.9 Å². The molecule has 0 spiro atoms. The van der Waals surface area contributed by atoms with E-state index in [1.807, 2.05) is 45.0 Å². The Bertz CT molecular complexity index is 753. The van der Waals surface area contributed by atoms with E-state index in [-0.39, 0.29) is 23.3 Å². The number of carbonyl (C=O) groups excluding carboxylic acids is 2. The van der Waals surface area contributed by atoms with Crippen molar-refractivity contribution in [3.05, 3.63) is 38.5 Å². The molecule has 1 aromatic carbocycles. The van der Waals surface area contributed by atoms with Gasteiger partial charge in [0.2, 0.25) is 5.91 Å². The molecule has 5 nitrogen and oxygen atoms in total. The van der Waals surface area contributed by atoms with E-state index in [0.29, 0.717) is 16.4 Å². The Morgan fingerprint density at radius 1 is 1.27 bits per heavy atom. The van der Waals surface area contributed by atoms with Crippen LogP contribution in [0, 0.1) is 3.57 Å². The Balaban J connectivity index is 2.22. The van der Waals surface area contributed by atoms with Gasteiger partial charge in [0.05, 0.1) is 0 Å². The Kier molecular flexibility index (Phi) is 6.32. The summed E-state index contributed by atoms with van der Waals surface area (Å²) in [5.74, 6) is 0.188. The second-order valence-corrected chi connectivity index (χ2v) is 10.7. The van der Waals surface area contributed by atoms with E-state index in [4.69, 9.17) is 4.74 Å². The molecule has 1 aliphatic heterocycles. The largest absolute Gasteiger partial charge is 0.476 e. The standard InChI is InChI=1S/C19H25IN2O3S/c1-12-15(26-18(2,3)4)16(23)22(11-25-12)19(5,6)17(24)21-14-9-7-8-13(20)10-14/h7-10H,11H2,1-6H3,(H,21,24). The second-order valence-electron chi connectivity index (χ2n) is 7.63. The molecule has 0 fully saturated rings. The van der Waals surface area contributed by atoms with Gasteiger partial charge in [-0.25, -0.2) is 0 Å². The zero-order valence-corrected chi connectivity index (χ0v) is 18.9.